The molecule has 172 valence electrons. The summed E-state index contributed by atoms with van der Waals surface area (Å²) in [6.07, 6.45) is 1.55. The Bertz CT molecular complexity index is 1350. The number of methoxy groups -OCH3 is 1. The molecular weight excluding hydrogens is 464 g/mol. The quantitative estimate of drug-likeness (QED) is 0.108. The zero-order valence-electron chi connectivity index (χ0n) is 17.9. The van der Waals surface area contributed by atoms with Crippen LogP contribution in [-0.4, -0.2) is 13.1 Å². The standard InChI is InChI=1S/C25H18ClF2N3O3/c1-14(31-22-6-4-3-5-21(22)30)16(13-29)9-15-7-8-23(24(10-15)33-2)34-25(32)17-11-19(27)20(28)12-18(17)26/h3-12,31H,1,30H2,2H3/b16-9+. The first-order valence-electron chi connectivity index (χ1n) is 9.70. The molecule has 0 aliphatic carbocycles. The van der Waals surface area contributed by atoms with Gasteiger partial charge in [0.05, 0.1) is 34.6 Å². The Hall–Kier alpha value is -4.35. The van der Waals surface area contributed by atoms with Gasteiger partial charge in [0.25, 0.3) is 0 Å². The number of allylic oxidation sites excluding steroid dienone is 1. The summed E-state index contributed by atoms with van der Waals surface area (Å²) in [6.45, 7) is 3.89. The molecule has 0 amide bonds. The number of nitrogens with zero attached hydrogens (tertiary/aromatic N) is 1. The van der Waals surface area contributed by atoms with Crippen LogP contribution in [0.4, 0.5) is 20.2 Å². The predicted octanol–water partition coefficient (Wildman–Crippen LogP) is 5.96. The van der Waals surface area contributed by atoms with E-state index in [2.05, 4.69) is 18.0 Å². The van der Waals surface area contributed by atoms with E-state index in [0.717, 1.165) is 0 Å². The lowest BCUT2D eigenvalue weighted by atomic mass is 10.1. The van der Waals surface area contributed by atoms with Crippen molar-refractivity contribution in [2.75, 3.05) is 18.2 Å². The topological polar surface area (TPSA) is 97.4 Å². The second-order valence-electron chi connectivity index (χ2n) is 6.91. The molecule has 3 aromatic carbocycles. The van der Waals surface area contributed by atoms with E-state index in [4.69, 9.17) is 26.8 Å². The first kappa shape index (κ1) is 24.3. The normalized spacial score (nSPS) is 10.9. The van der Waals surface area contributed by atoms with Crippen molar-refractivity contribution in [3.8, 4) is 17.6 Å². The number of nitrogen functional groups attached to an aromatic ring is 1. The molecule has 0 radical (unpaired) electrons. The van der Waals surface area contributed by atoms with E-state index in [0.29, 0.717) is 34.8 Å². The molecule has 9 heteroatoms. The summed E-state index contributed by atoms with van der Waals surface area (Å²) >= 11 is 5.83. The van der Waals surface area contributed by atoms with Crippen molar-refractivity contribution in [3.63, 3.8) is 0 Å². The second kappa shape index (κ2) is 10.5. The van der Waals surface area contributed by atoms with E-state index >= 15 is 0 Å². The molecule has 0 fully saturated rings. The number of para-hydroxylation sites is 2. The lowest BCUT2D eigenvalue weighted by Crippen LogP contribution is -2.11. The highest BCUT2D eigenvalue weighted by atomic mass is 35.5. The van der Waals surface area contributed by atoms with E-state index in [1.165, 1.54) is 19.2 Å². The fourth-order valence-electron chi connectivity index (χ4n) is 2.89. The predicted molar refractivity (Wildman–Crippen MR) is 127 cm³/mol. The smallest absolute Gasteiger partial charge is 0.345 e. The van der Waals surface area contributed by atoms with Gasteiger partial charge in [-0.2, -0.15) is 5.26 Å². The second-order valence-corrected chi connectivity index (χ2v) is 7.31. The maximum Gasteiger partial charge on any atom is 0.345 e. The maximum atomic E-state index is 13.5. The van der Waals surface area contributed by atoms with Crippen molar-refractivity contribution in [1.29, 1.82) is 5.26 Å². The number of benzene rings is 3. The fourth-order valence-corrected chi connectivity index (χ4v) is 3.11. The van der Waals surface area contributed by atoms with Crippen LogP contribution in [0, 0.1) is 23.0 Å². The van der Waals surface area contributed by atoms with Gasteiger partial charge in [-0.15, -0.1) is 0 Å². The van der Waals surface area contributed by atoms with Crippen LogP contribution >= 0.6 is 11.6 Å². The number of nitriles is 1. The third-order valence-corrected chi connectivity index (χ3v) is 4.94. The van der Waals surface area contributed by atoms with Gasteiger partial charge in [0, 0.05) is 5.70 Å². The third-order valence-electron chi connectivity index (χ3n) is 4.62. The summed E-state index contributed by atoms with van der Waals surface area (Å²) in [5.74, 6) is -3.25. The van der Waals surface area contributed by atoms with Gasteiger partial charge in [0.15, 0.2) is 23.1 Å². The molecule has 0 unspecified atom stereocenters. The van der Waals surface area contributed by atoms with Crippen molar-refractivity contribution in [3.05, 3.63) is 100 Å². The summed E-state index contributed by atoms with van der Waals surface area (Å²) < 4.78 is 37.3. The van der Waals surface area contributed by atoms with Crippen molar-refractivity contribution in [1.82, 2.24) is 0 Å². The Labute approximate surface area is 199 Å². The van der Waals surface area contributed by atoms with Crippen molar-refractivity contribution < 1.29 is 23.0 Å². The molecule has 34 heavy (non-hydrogen) atoms. The number of carbonyl (C=O) groups is 1. The first-order valence-corrected chi connectivity index (χ1v) is 10.1. The van der Waals surface area contributed by atoms with Crippen molar-refractivity contribution in [2.24, 2.45) is 0 Å². The van der Waals surface area contributed by atoms with Gasteiger partial charge in [-0.3, -0.25) is 0 Å². The molecule has 6 nitrogen and oxygen atoms in total. The number of halogens is 3. The largest absolute Gasteiger partial charge is 0.493 e. The Morgan fingerprint density at radius 2 is 1.85 bits per heavy atom. The number of nitrogens with two attached hydrogens (primary N) is 1. The molecule has 0 aliphatic heterocycles. The van der Waals surface area contributed by atoms with E-state index in [1.54, 1.807) is 36.4 Å². The number of hydrogen-bond acceptors (Lipinski definition) is 6. The average molecular weight is 482 g/mol. The van der Waals surface area contributed by atoms with Gasteiger partial charge in [0.1, 0.15) is 6.07 Å². The highest BCUT2D eigenvalue weighted by molar-refractivity contribution is 6.33. The molecule has 3 aromatic rings. The van der Waals surface area contributed by atoms with Crippen LogP contribution in [0.15, 0.2) is 72.4 Å². The van der Waals surface area contributed by atoms with Gasteiger partial charge < -0.3 is 20.5 Å². The molecule has 0 aromatic heterocycles. The Balaban J connectivity index is 1.84. The van der Waals surface area contributed by atoms with Gasteiger partial charge in [-0.05, 0) is 48.0 Å². The lowest BCUT2D eigenvalue weighted by Gasteiger charge is -2.12. The molecular formula is C25H18ClF2N3O3. The number of anilines is 2. The van der Waals surface area contributed by atoms with Crippen LogP contribution in [0.5, 0.6) is 11.5 Å². The Morgan fingerprint density at radius 1 is 1.15 bits per heavy atom. The lowest BCUT2D eigenvalue weighted by molar-refractivity contribution is 0.0729. The minimum Gasteiger partial charge on any atom is -0.493 e. The molecule has 0 saturated carbocycles. The van der Waals surface area contributed by atoms with Crippen LogP contribution < -0.4 is 20.5 Å². The van der Waals surface area contributed by atoms with Gasteiger partial charge in [-0.1, -0.05) is 36.4 Å². The van der Waals surface area contributed by atoms with Crippen LogP contribution in [0.25, 0.3) is 6.08 Å². The Morgan fingerprint density at radius 3 is 2.53 bits per heavy atom. The van der Waals surface area contributed by atoms with E-state index in [9.17, 15) is 18.8 Å². The van der Waals surface area contributed by atoms with Crippen LogP contribution in [0.2, 0.25) is 5.02 Å². The molecule has 3 N–H and O–H groups in total. The van der Waals surface area contributed by atoms with E-state index in [1.807, 2.05) is 0 Å². The average Bonchev–Trinajstić information content (AvgIpc) is 2.81. The number of rotatable bonds is 7. The third kappa shape index (κ3) is 5.52. The van der Waals surface area contributed by atoms with Crippen molar-refractivity contribution in [2.45, 2.75) is 0 Å². The number of esters is 1. The maximum absolute atomic E-state index is 13.5. The first-order chi connectivity index (χ1) is 16.2. The van der Waals surface area contributed by atoms with Crippen LogP contribution in [0.3, 0.4) is 0 Å². The minimum absolute atomic E-state index is 0.0120. The summed E-state index contributed by atoms with van der Waals surface area (Å²) in [4.78, 5) is 12.4. The highest BCUT2D eigenvalue weighted by Crippen LogP contribution is 2.31. The molecule has 0 heterocycles. The monoisotopic (exact) mass is 481 g/mol. The zero-order chi connectivity index (χ0) is 24.8. The van der Waals surface area contributed by atoms with Gasteiger partial charge in [0.2, 0.25) is 0 Å². The Kier molecular flexibility index (Phi) is 7.51. The molecule has 0 bridgehead atoms. The molecule has 0 aliphatic rings. The summed E-state index contributed by atoms with van der Waals surface area (Å²) in [7, 11) is 1.36. The van der Waals surface area contributed by atoms with E-state index in [-0.39, 0.29) is 27.7 Å². The van der Waals surface area contributed by atoms with Crippen molar-refractivity contribution >= 4 is 35.0 Å². The number of carbonyl (C=O) groups excluding carboxylic acids is 1. The number of ether oxygens (including phenoxy) is 2. The van der Waals surface area contributed by atoms with Gasteiger partial charge >= 0.3 is 5.97 Å². The highest BCUT2D eigenvalue weighted by Gasteiger charge is 2.19. The minimum atomic E-state index is -1.24. The summed E-state index contributed by atoms with van der Waals surface area (Å²) in [5, 5.41) is 12.3. The number of nitrogens with one attached hydrogen (secondary N) is 1. The molecule has 0 spiro atoms. The molecule has 0 atom stereocenters. The van der Waals surface area contributed by atoms with E-state index < -0.39 is 17.6 Å². The van der Waals surface area contributed by atoms with Crippen LogP contribution in [0.1, 0.15) is 15.9 Å². The molecule has 0 saturated heterocycles. The number of hydrogen-bond donors (Lipinski definition) is 2. The summed E-state index contributed by atoms with van der Waals surface area (Å²) in [6, 6.07) is 15.0. The molecule has 3 rings (SSSR count). The SMILES string of the molecule is C=C(Nc1ccccc1N)/C(C#N)=C/c1ccc(OC(=O)c2cc(F)c(F)cc2Cl)c(OC)c1. The fraction of sp³-hybridized carbons (Fsp3) is 0.0400. The zero-order valence-corrected chi connectivity index (χ0v) is 18.6. The van der Waals surface area contributed by atoms with Gasteiger partial charge in [-0.25, -0.2) is 13.6 Å². The van der Waals surface area contributed by atoms with Crippen LogP contribution in [-0.2, 0) is 0 Å². The summed E-state index contributed by atoms with van der Waals surface area (Å²) in [5.41, 5.74) is 7.76.